The minimum atomic E-state index is -4.82. The Hall–Kier alpha value is -2.33. The summed E-state index contributed by atoms with van der Waals surface area (Å²) in [5.41, 5.74) is -2.32. The number of carbonyl (C=O) groups is 2. The quantitative estimate of drug-likeness (QED) is 0.464. The van der Waals surface area contributed by atoms with Gasteiger partial charge in [0, 0.05) is 25.0 Å². The predicted molar refractivity (Wildman–Crippen MR) is 132 cm³/mol. The van der Waals surface area contributed by atoms with E-state index in [1.54, 1.807) is 6.92 Å². The first kappa shape index (κ1) is 27.7. The zero-order valence-corrected chi connectivity index (χ0v) is 22.3. The highest BCUT2D eigenvalue weighted by molar-refractivity contribution is 6.35. The van der Waals surface area contributed by atoms with Crippen molar-refractivity contribution in [1.29, 1.82) is 0 Å². The number of aromatic nitrogens is 3. The Morgan fingerprint density at radius 1 is 1.11 bits per heavy atom. The number of likely N-dealkylation sites (tertiary alicyclic amines) is 1. The van der Waals surface area contributed by atoms with E-state index < -0.39 is 46.8 Å². The number of nitrogens with zero attached hydrogens (tertiary/aromatic N) is 4. The van der Waals surface area contributed by atoms with Crippen LogP contribution in [0.25, 0.3) is 0 Å². The normalized spacial score (nSPS) is 25.9. The average molecular weight is 561 g/mol. The molecule has 1 saturated heterocycles. The molecule has 2 aliphatic rings. The third-order valence-electron chi connectivity index (χ3n) is 7.70. The Morgan fingerprint density at radius 3 is 2.24 bits per heavy atom. The maximum absolute atomic E-state index is 14.4. The summed E-state index contributed by atoms with van der Waals surface area (Å²) < 4.78 is 44.0. The first-order valence-corrected chi connectivity index (χ1v) is 12.9. The molecule has 12 heteroatoms. The van der Waals surface area contributed by atoms with Crippen LogP contribution in [-0.2, 0) is 17.4 Å². The maximum atomic E-state index is 14.4. The maximum Gasteiger partial charge on any atom is 0.433 e. The molecule has 37 heavy (non-hydrogen) atoms. The summed E-state index contributed by atoms with van der Waals surface area (Å²) in [7, 11) is 0. The Bertz CT molecular complexity index is 1190. The Labute approximate surface area is 222 Å². The summed E-state index contributed by atoms with van der Waals surface area (Å²) in [6.07, 6.45) is 0.787. The number of carboxylic acid groups (broad SMARTS) is 1. The molecule has 1 saturated carbocycles. The van der Waals surface area contributed by atoms with Crippen LogP contribution in [0.2, 0.25) is 10.0 Å². The van der Waals surface area contributed by atoms with Crippen LogP contribution in [0.15, 0.2) is 18.6 Å². The van der Waals surface area contributed by atoms with Gasteiger partial charge in [-0.25, -0.2) is 0 Å². The number of rotatable bonds is 5. The van der Waals surface area contributed by atoms with Crippen LogP contribution in [0.5, 0.6) is 0 Å². The smallest absolute Gasteiger partial charge is 0.433 e. The van der Waals surface area contributed by atoms with E-state index in [2.05, 4.69) is 10.1 Å². The summed E-state index contributed by atoms with van der Waals surface area (Å²) in [4.78, 5) is 30.7. The highest BCUT2D eigenvalue weighted by Crippen LogP contribution is 2.44. The number of pyridine rings is 1. The van der Waals surface area contributed by atoms with Gasteiger partial charge in [0.2, 0.25) is 0 Å². The van der Waals surface area contributed by atoms with Crippen molar-refractivity contribution in [2.45, 2.75) is 77.6 Å². The molecule has 1 unspecified atom stereocenters. The molecule has 1 amide bonds. The molecule has 0 spiro atoms. The molecule has 1 aliphatic carbocycles. The van der Waals surface area contributed by atoms with Gasteiger partial charge in [0.15, 0.2) is 5.69 Å². The number of hydrogen-bond acceptors (Lipinski definition) is 4. The second kappa shape index (κ2) is 9.76. The summed E-state index contributed by atoms with van der Waals surface area (Å²) in [5, 5.41) is 14.2. The summed E-state index contributed by atoms with van der Waals surface area (Å²) in [6.45, 7) is 5.78. The van der Waals surface area contributed by atoms with E-state index in [1.165, 1.54) is 17.3 Å². The average Bonchev–Trinajstić information content (AvgIpc) is 3.37. The van der Waals surface area contributed by atoms with E-state index in [9.17, 15) is 27.9 Å². The second-order valence-corrected chi connectivity index (χ2v) is 12.0. The van der Waals surface area contributed by atoms with Crippen molar-refractivity contribution in [2.75, 3.05) is 6.54 Å². The molecule has 7 nitrogen and oxygen atoms in total. The lowest BCUT2D eigenvalue weighted by molar-refractivity contribution is -0.152. The lowest BCUT2D eigenvalue weighted by Gasteiger charge is -2.34. The van der Waals surface area contributed by atoms with Crippen LogP contribution in [0.3, 0.4) is 0 Å². The fraction of sp³-hybridized carbons (Fsp3) is 0.600. The van der Waals surface area contributed by atoms with Crippen LogP contribution >= 0.6 is 23.2 Å². The fourth-order valence-electron chi connectivity index (χ4n) is 5.62. The van der Waals surface area contributed by atoms with Crippen molar-refractivity contribution in [3.8, 4) is 0 Å². The van der Waals surface area contributed by atoms with Crippen LogP contribution in [0, 0.1) is 10.8 Å². The number of halogens is 5. The molecule has 202 valence electrons. The lowest BCUT2D eigenvalue weighted by Crippen LogP contribution is -2.39. The van der Waals surface area contributed by atoms with Crippen LogP contribution in [0.4, 0.5) is 13.2 Å². The first-order valence-electron chi connectivity index (χ1n) is 12.1. The molecule has 3 heterocycles. The topological polar surface area (TPSA) is 88.3 Å². The van der Waals surface area contributed by atoms with Crippen LogP contribution < -0.4 is 0 Å². The molecular formula is C25H29Cl2F3N4O3. The predicted octanol–water partition coefficient (Wildman–Crippen LogP) is 6.29. The SMILES string of the molecule is CC1(C)CC(Cc2c(Cl)cncc2Cl)N(C(=O)c2cnn(C3CCC(C)(C(=O)O)CC3)c2C(F)(F)F)C1. The van der Waals surface area contributed by atoms with E-state index in [4.69, 9.17) is 23.2 Å². The van der Waals surface area contributed by atoms with Gasteiger partial charge in [0.05, 0.1) is 33.3 Å². The summed E-state index contributed by atoms with van der Waals surface area (Å²) in [5.74, 6) is -1.71. The Kier molecular flexibility index (Phi) is 7.31. The largest absolute Gasteiger partial charge is 0.481 e. The Morgan fingerprint density at radius 2 is 1.70 bits per heavy atom. The highest BCUT2D eigenvalue weighted by atomic mass is 35.5. The van der Waals surface area contributed by atoms with Crippen molar-refractivity contribution in [3.05, 3.63) is 45.5 Å². The number of amides is 1. The van der Waals surface area contributed by atoms with Crippen molar-refractivity contribution >= 4 is 35.1 Å². The van der Waals surface area contributed by atoms with E-state index >= 15 is 0 Å². The van der Waals surface area contributed by atoms with Crippen LogP contribution in [-0.4, -0.2) is 49.2 Å². The first-order chi connectivity index (χ1) is 17.1. The number of aliphatic carboxylic acids is 1. The van der Waals surface area contributed by atoms with Crippen LogP contribution in [0.1, 0.15) is 80.5 Å². The molecule has 2 fully saturated rings. The van der Waals surface area contributed by atoms with Gasteiger partial charge in [-0.1, -0.05) is 37.0 Å². The molecule has 1 atom stereocenters. The molecular weight excluding hydrogens is 532 g/mol. The Balaban J connectivity index is 1.66. The zero-order chi connectivity index (χ0) is 27.3. The van der Waals surface area contributed by atoms with Gasteiger partial charge in [0.25, 0.3) is 5.91 Å². The summed E-state index contributed by atoms with van der Waals surface area (Å²) >= 11 is 12.6. The molecule has 2 aromatic rings. The van der Waals surface area contributed by atoms with E-state index in [-0.39, 0.29) is 44.1 Å². The summed E-state index contributed by atoms with van der Waals surface area (Å²) in [6, 6.07) is -1.07. The number of carbonyl (C=O) groups excluding carboxylic acids is 1. The van der Waals surface area contributed by atoms with Crippen molar-refractivity contribution < 1.29 is 27.9 Å². The van der Waals surface area contributed by atoms with Gasteiger partial charge in [-0.2, -0.15) is 18.3 Å². The van der Waals surface area contributed by atoms with E-state index in [0.717, 1.165) is 10.9 Å². The number of hydrogen-bond donors (Lipinski definition) is 1. The monoisotopic (exact) mass is 560 g/mol. The van der Waals surface area contributed by atoms with Gasteiger partial charge in [-0.15, -0.1) is 0 Å². The van der Waals surface area contributed by atoms with Gasteiger partial charge < -0.3 is 10.0 Å². The third kappa shape index (κ3) is 5.46. The van der Waals surface area contributed by atoms with Gasteiger partial charge in [-0.3, -0.25) is 19.3 Å². The fourth-order valence-corrected chi connectivity index (χ4v) is 6.14. The lowest BCUT2D eigenvalue weighted by atomic mass is 9.74. The van der Waals surface area contributed by atoms with Crippen molar-refractivity contribution in [1.82, 2.24) is 19.7 Å². The second-order valence-electron chi connectivity index (χ2n) is 11.2. The highest BCUT2D eigenvalue weighted by Gasteiger charge is 2.47. The molecule has 4 rings (SSSR count). The van der Waals surface area contributed by atoms with E-state index in [0.29, 0.717) is 22.0 Å². The van der Waals surface area contributed by atoms with Crippen molar-refractivity contribution in [3.63, 3.8) is 0 Å². The van der Waals surface area contributed by atoms with Gasteiger partial charge in [0.1, 0.15) is 0 Å². The molecule has 0 bridgehead atoms. The minimum Gasteiger partial charge on any atom is -0.481 e. The zero-order valence-electron chi connectivity index (χ0n) is 20.8. The van der Waals surface area contributed by atoms with Gasteiger partial charge >= 0.3 is 12.1 Å². The minimum absolute atomic E-state index is 0.222. The standard InChI is InChI=1S/C25H29Cl2F3N4O3/c1-23(2)9-15(8-16-18(26)11-31-12-19(16)27)33(13-23)21(35)17-10-32-34(20(17)25(28,29)30)14-4-6-24(3,7-5-14)22(36)37/h10-12,14-15H,4-9,13H2,1-3H3,(H,36,37). The number of alkyl halides is 3. The molecule has 2 aromatic heterocycles. The van der Waals surface area contributed by atoms with Gasteiger partial charge in [-0.05, 0) is 56.4 Å². The number of carboxylic acids is 1. The third-order valence-corrected chi connectivity index (χ3v) is 8.35. The molecule has 0 radical (unpaired) electrons. The molecule has 1 aliphatic heterocycles. The van der Waals surface area contributed by atoms with E-state index in [1.807, 2.05) is 13.8 Å². The molecule has 1 N–H and O–H groups in total. The van der Waals surface area contributed by atoms with Crippen molar-refractivity contribution in [2.24, 2.45) is 10.8 Å². The molecule has 0 aromatic carbocycles.